The van der Waals surface area contributed by atoms with Crippen LogP contribution in [0, 0.1) is 0 Å². The number of nitrogens with one attached hydrogen (secondary N) is 2. The summed E-state index contributed by atoms with van der Waals surface area (Å²) < 4.78 is 0. The monoisotopic (exact) mass is 217 g/mol. The molecule has 0 spiro atoms. The number of imidazole rings is 1. The quantitative estimate of drug-likeness (QED) is 0.801. The van der Waals surface area contributed by atoms with Crippen LogP contribution >= 0.6 is 0 Å². The van der Waals surface area contributed by atoms with Gasteiger partial charge in [-0.3, -0.25) is 9.59 Å². The third kappa shape index (κ3) is 2.08. The van der Waals surface area contributed by atoms with Crippen molar-refractivity contribution < 1.29 is 9.59 Å². The van der Waals surface area contributed by atoms with Gasteiger partial charge in [-0.2, -0.15) is 0 Å². The molecule has 1 aromatic heterocycles. The van der Waals surface area contributed by atoms with Crippen LogP contribution in [0.1, 0.15) is 17.3 Å². The van der Waals surface area contributed by atoms with Gasteiger partial charge in [0.15, 0.2) is 0 Å². The van der Waals surface area contributed by atoms with Crippen LogP contribution in [0.5, 0.6) is 0 Å². The van der Waals surface area contributed by atoms with Crippen LogP contribution in [0.15, 0.2) is 24.5 Å². The normalized spacial score (nSPS) is 10.3. The molecular weight excluding hydrogens is 206 g/mol. The van der Waals surface area contributed by atoms with Gasteiger partial charge in [0.25, 0.3) is 5.91 Å². The molecule has 0 saturated heterocycles. The van der Waals surface area contributed by atoms with E-state index < -0.39 is 0 Å². The molecule has 1 heterocycles. The first-order valence-electron chi connectivity index (χ1n) is 4.87. The number of benzene rings is 1. The number of hydrogen-bond donors (Lipinski definition) is 2. The highest BCUT2D eigenvalue weighted by atomic mass is 16.2. The van der Waals surface area contributed by atoms with E-state index in [-0.39, 0.29) is 18.2 Å². The molecule has 1 aromatic carbocycles. The fourth-order valence-electron chi connectivity index (χ4n) is 1.38. The number of rotatable bonds is 3. The number of aromatic nitrogens is 2. The van der Waals surface area contributed by atoms with Gasteiger partial charge >= 0.3 is 0 Å². The average Bonchev–Trinajstić information content (AvgIpc) is 2.72. The third-order valence-corrected chi connectivity index (χ3v) is 2.18. The molecule has 5 heteroatoms. The highest BCUT2D eigenvalue weighted by Crippen LogP contribution is 2.11. The number of fused-ring (bicyclic) bond motifs is 1. The number of carbonyl (C=O) groups is 2. The largest absolute Gasteiger partial charge is 0.345 e. The summed E-state index contributed by atoms with van der Waals surface area (Å²) in [4.78, 5) is 29.3. The van der Waals surface area contributed by atoms with Gasteiger partial charge in [0.2, 0.25) is 0 Å². The van der Waals surface area contributed by atoms with Crippen LogP contribution < -0.4 is 5.32 Å². The van der Waals surface area contributed by atoms with Crippen LogP contribution in [0.4, 0.5) is 0 Å². The first kappa shape index (κ1) is 10.4. The van der Waals surface area contributed by atoms with Gasteiger partial charge in [-0.1, -0.05) is 0 Å². The summed E-state index contributed by atoms with van der Waals surface area (Å²) in [5.74, 6) is -0.331. The van der Waals surface area contributed by atoms with Gasteiger partial charge in [-0.25, -0.2) is 4.98 Å². The molecule has 2 aromatic rings. The molecule has 0 aliphatic heterocycles. The predicted molar refractivity (Wildman–Crippen MR) is 59.1 cm³/mol. The second-order valence-corrected chi connectivity index (χ2v) is 3.52. The highest BCUT2D eigenvalue weighted by molar-refractivity contribution is 5.98. The maximum atomic E-state index is 11.6. The summed E-state index contributed by atoms with van der Waals surface area (Å²) in [6.45, 7) is 1.48. The zero-order valence-corrected chi connectivity index (χ0v) is 8.78. The number of ketones is 1. The summed E-state index contributed by atoms with van der Waals surface area (Å²) in [7, 11) is 0. The molecule has 0 saturated carbocycles. The number of H-pyrrole nitrogens is 1. The lowest BCUT2D eigenvalue weighted by molar-refractivity contribution is -0.116. The Hall–Kier alpha value is -2.17. The molecule has 1 amide bonds. The molecule has 5 nitrogen and oxygen atoms in total. The van der Waals surface area contributed by atoms with Crippen LogP contribution in [-0.2, 0) is 4.79 Å². The minimum Gasteiger partial charge on any atom is -0.345 e. The SMILES string of the molecule is CC(=O)CNC(=O)c1ccc2nc[nH]c2c1. The van der Waals surface area contributed by atoms with Crippen molar-refractivity contribution in [2.75, 3.05) is 6.54 Å². The van der Waals surface area contributed by atoms with E-state index in [9.17, 15) is 9.59 Å². The Labute approximate surface area is 91.9 Å². The Morgan fingerprint density at radius 2 is 2.25 bits per heavy atom. The zero-order valence-electron chi connectivity index (χ0n) is 8.78. The van der Waals surface area contributed by atoms with E-state index in [0.717, 1.165) is 11.0 Å². The Morgan fingerprint density at radius 1 is 1.44 bits per heavy atom. The average molecular weight is 217 g/mol. The second kappa shape index (κ2) is 4.14. The number of nitrogens with zero attached hydrogens (tertiary/aromatic N) is 1. The fourth-order valence-corrected chi connectivity index (χ4v) is 1.38. The maximum Gasteiger partial charge on any atom is 0.251 e. The van der Waals surface area contributed by atoms with E-state index in [1.54, 1.807) is 24.5 Å². The van der Waals surface area contributed by atoms with Crippen molar-refractivity contribution in [1.29, 1.82) is 0 Å². The van der Waals surface area contributed by atoms with Crippen molar-refractivity contribution in [3.05, 3.63) is 30.1 Å². The molecule has 0 atom stereocenters. The van der Waals surface area contributed by atoms with Crippen LogP contribution in [0.2, 0.25) is 0 Å². The van der Waals surface area contributed by atoms with Crippen molar-refractivity contribution in [1.82, 2.24) is 15.3 Å². The van der Waals surface area contributed by atoms with Gasteiger partial charge in [0.05, 0.1) is 23.9 Å². The molecular formula is C11H11N3O2. The van der Waals surface area contributed by atoms with Gasteiger partial charge in [0, 0.05) is 5.56 Å². The minimum atomic E-state index is -0.258. The van der Waals surface area contributed by atoms with E-state index in [1.807, 2.05) is 0 Å². The Kier molecular flexibility index (Phi) is 2.68. The van der Waals surface area contributed by atoms with Crippen molar-refractivity contribution in [2.24, 2.45) is 0 Å². The van der Waals surface area contributed by atoms with E-state index in [1.165, 1.54) is 6.92 Å². The topological polar surface area (TPSA) is 74.8 Å². The third-order valence-electron chi connectivity index (χ3n) is 2.18. The van der Waals surface area contributed by atoms with E-state index in [4.69, 9.17) is 0 Å². The molecule has 16 heavy (non-hydrogen) atoms. The number of hydrogen-bond acceptors (Lipinski definition) is 3. The van der Waals surface area contributed by atoms with Crippen molar-refractivity contribution in [2.45, 2.75) is 6.92 Å². The first-order chi connectivity index (χ1) is 7.66. The summed E-state index contributed by atoms with van der Waals surface area (Å²) in [6.07, 6.45) is 1.57. The van der Waals surface area contributed by atoms with Gasteiger partial charge in [-0.15, -0.1) is 0 Å². The van der Waals surface area contributed by atoms with Crippen molar-refractivity contribution in [3.8, 4) is 0 Å². The molecule has 0 fully saturated rings. The Bertz CT molecular complexity index is 545. The number of Topliss-reactive ketones (excluding diaryl/α,β-unsaturated/α-hetero) is 1. The van der Waals surface area contributed by atoms with Gasteiger partial charge in [-0.05, 0) is 25.1 Å². The van der Waals surface area contributed by atoms with E-state index in [2.05, 4.69) is 15.3 Å². The van der Waals surface area contributed by atoms with Gasteiger partial charge < -0.3 is 10.3 Å². The van der Waals surface area contributed by atoms with Gasteiger partial charge in [0.1, 0.15) is 5.78 Å². The lowest BCUT2D eigenvalue weighted by Gasteiger charge is -2.02. The predicted octanol–water partition coefficient (Wildman–Crippen LogP) is 0.882. The highest BCUT2D eigenvalue weighted by Gasteiger charge is 2.07. The van der Waals surface area contributed by atoms with E-state index >= 15 is 0 Å². The summed E-state index contributed by atoms with van der Waals surface area (Å²) >= 11 is 0. The Morgan fingerprint density at radius 3 is 3.00 bits per heavy atom. The molecule has 82 valence electrons. The van der Waals surface area contributed by atoms with E-state index in [0.29, 0.717) is 5.56 Å². The molecule has 2 rings (SSSR count). The number of aromatic amines is 1. The lowest BCUT2D eigenvalue weighted by Crippen LogP contribution is -2.28. The maximum absolute atomic E-state index is 11.6. The number of amides is 1. The molecule has 0 bridgehead atoms. The van der Waals surface area contributed by atoms with Crippen LogP contribution in [0.25, 0.3) is 11.0 Å². The van der Waals surface area contributed by atoms with Crippen molar-refractivity contribution in [3.63, 3.8) is 0 Å². The molecule has 0 radical (unpaired) electrons. The summed E-state index contributed by atoms with van der Waals surface area (Å²) in [5, 5.41) is 2.53. The minimum absolute atomic E-state index is 0.0554. The smallest absolute Gasteiger partial charge is 0.251 e. The summed E-state index contributed by atoms with van der Waals surface area (Å²) in [6, 6.07) is 5.14. The first-order valence-corrected chi connectivity index (χ1v) is 4.87. The molecule has 0 aliphatic rings. The number of carbonyl (C=O) groups excluding carboxylic acids is 2. The summed E-state index contributed by atoms with van der Waals surface area (Å²) in [5.41, 5.74) is 2.12. The standard InChI is InChI=1S/C11H11N3O2/c1-7(15)5-12-11(16)8-2-3-9-10(4-8)14-6-13-9/h2-4,6H,5H2,1H3,(H,12,16)(H,13,14). The molecule has 0 aliphatic carbocycles. The van der Waals surface area contributed by atoms with Crippen LogP contribution in [0.3, 0.4) is 0 Å². The van der Waals surface area contributed by atoms with Crippen LogP contribution in [-0.4, -0.2) is 28.2 Å². The second-order valence-electron chi connectivity index (χ2n) is 3.52. The lowest BCUT2D eigenvalue weighted by atomic mass is 10.2. The fraction of sp³-hybridized carbons (Fsp3) is 0.182. The molecule has 2 N–H and O–H groups in total. The molecule has 0 unspecified atom stereocenters. The van der Waals surface area contributed by atoms with Crippen molar-refractivity contribution >= 4 is 22.7 Å². The zero-order chi connectivity index (χ0) is 11.5. The Balaban J connectivity index is 2.19.